The zero-order valence-corrected chi connectivity index (χ0v) is 7.55. The van der Waals surface area contributed by atoms with Crippen LogP contribution in [0.5, 0.6) is 0 Å². The number of likely N-dealkylation sites (tertiary alicyclic amines) is 1. The van der Waals surface area contributed by atoms with Crippen LogP contribution < -0.4 is 11.1 Å². The second-order valence-corrected chi connectivity index (χ2v) is 3.36. The molecule has 0 atom stereocenters. The third-order valence-electron chi connectivity index (χ3n) is 2.31. The van der Waals surface area contributed by atoms with Gasteiger partial charge in [-0.1, -0.05) is 0 Å². The minimum absolute atomic E-state index is 0.278. The molecule has 0 spiro atoms. The van der Waals surface area contributed by atoms with Gasteiger partial charge in [0.2, 0.25) is 0 Å². The van der Waals surface area contributed by atoms with Crippen molar-refractivity contribution in [1.29, 1.82) is 0 Å². The molecule has 4 nitrogen and oxygen atoms in total. The van der Waals surface area contributed by atoms with Gasteiger partial charge in [0, 0.05) is 13.1 Å². The van der Waals surface area contributed by atoms with Gasteiger partial charge in [-0.15, -0.1) is 0 Å². The Labute approximate surface area is 73.1 Å². The van der Waals surface area contributed by atoms with Crippen molar-refractivity contribution in [2.45, 2.75) is 12.8 Å². The van der Waals surface area contributed by atoms with E-state index in [0.29, 0.717) is 5.92 Å². The minimum Gasteiger partial charge on any atom is -0.351 e. The quantitative estimate of drug-likeness (QED) is 0.585. The molecule has 2 amide bonds. The Kier molecular flexibility index (Phi) is 3.34. The van der Waals surface area contributed by atoms with Gasteiger partial charge in [0.15, 0.2) is 0 Å². The molecular formula is C8H17N3O. The minimum atomic E-state index is -0.278. The molecule has 1 heterocycles. The summed E-state index contributed by atoms with van der Waals surface area (Å²) >= 11 is 0. The Hall–Kier alpha value is -0.770. The van der Waals surface area contributed by atoms with Gasteiger partial charge in [-0.3, -0.25) is 0 Å². The zero-order valence-electron chi connectivity index (χ0n) is 7.55. The number of nitrogens with two attached hydrogens (primary N) is 1. The number of hydrogen-bond acceptors (Lipinski definition) is 2. The van der Waals surface area contributed by atoms with E-state index in [1.807, 2.05) is 7.05 Å². The van der Waals surface area contributed by atoms with Crippen LogP contribution in [0.2, 0.25) is 0 Å². The summed E-state index contributed by atoms with van der Waals surface area (Å²) in [5, 5.41) is 3.10. The molecule has 0 bridgehead atoms. The fourth-order valence-corrected chi connectivity index (χ4v) is 1.50. The third kappa shape index (κ3) is 2.37. The summed E-state index contributed by atoms with van der Waals surface area (Å²) in [6.45, 7) is 2.78. The predicted molar refractivity (Wildman–Crippen MR) is 47.8 cm³/mol. The first-order valence-electron chi connectivity index (χ1n) is 4.43. The van der Waals surface area contributed by atoms with Gasteiger partial charge in [-0.25, -0.2) is 4.79 Å². The molecule has 1 aliphatic heterocycles. The zero-order chi connectivity index (χ0) is 8.97. The standard InChI is InChI=1S/C8H17N3O/c1-10-4-2-3-7-5-11(6-7)8(9)12/h7,10H,2-6H2,1H3,(H2,9,12). The molecule has 1 rings (SSSR count). The van der Waals surface area contributed by atoms with E-state index in [2.05, 4.69) is 5.32 Å². The van der Waals surface area contributed by atoms with Gasteiger partial charge in [0.1, 0.15) is 0 Å². The summed E-state index contributed by atoms with van der Waals surface area (Å²) in [6.07, 6.45) is 2.39. The number of nitrogens with one attached hydrogen (secondary N) is 1. The van der Waals surface area contributed by atoms with E-state index in [1.165, 1.54) is 12.8 Å². The number of carbonyl (C=O) groups is 1. The molecule has 4 heteroatoms. The average Bonchev–Trinajstić information content (AvgIpc) is 1.93. The number of amides is 2. The van der Waals surface area contributed by atoms with Crippen LogP contribution in [-0.2, 0) is 0 Å². The van der Waals surface area contributed by atoms with Crippen LogP contribution in [0.1, 0.15) is 12.8 Å². The van der Waals surface area contributed by atoms with Crippen molar-refractivity contribution in [3.8, 4) is 0 Å². The lowest BCUT2D eigenvalue weighted by Gasteiger charge is -2.38. The lowest BCUT2D eigenvalue weighted by Crippen LogP contribution is -2.52. The molecule has 0 aromatic heterocycles. The number of hydrogen-bond donors (Lipinski definition) is 2. The fraction of sp³-hybridized carbons (Fsp3) is 0.875. The molecule has 0 aromatic carbocycles. The Bertz CT molecular complexity index is 154. The van der Waals surface area contributed by atoms with Crippen molar-refractivity contribution < 1.29 is 4.79 Å². The number of rotatable bonds is 4. The highest BCUT2D eigenvalue weighted by Crippen LogP contribution is 2.19. The molecule has 1 saturated heterocycles. The van der Waals surface area contributed by atoms with E-state index in [9.17, 15) is 4.79 Å². The van der Waals surface area contributed by atoms with Crippen molar-refractivity contribution in [3.63, 3.8) is 0 Å². The van der Waals surface area contributed by atoms with Gasteiger partial charge in [0.25, 0.3) is 0 Å². The van der Waals surface area contributed by atoms with Crippen LogP contribution in [0, 0.1) is 5.92 Å². The monoisotopic (exact) mass is 171 g/mol. The SMILES string of the molecule is CNCCCC1CN(C(N)=O)C1. The topological polar surface area (TPSA) is 58.4 Å². The van der Waals surface area contributed by atoms with Gasteiger partial charge >= 0.3 is 6.03 Å². The number of carbonyl (C=O) groups excluding carboxylic acids is 1. The summed E-state index contributed by atoms with van der Waals surface area (Å²) < 4.78 is 0. The van der Waals surface area contributed by atoms with Crippen molar-refractivity contribution in [2.75, 3.05) is 26.7 Å². The molecule has 3 N–H and O–H groups in total. The smallest absolute Gasteiger partial charge is 0.314 e. The molecule has 70 valence electrons. The fourth-order valence-electron chi connectivity index (χ4n) is 1.50. The summed E-state index contributed by atoms with van der Waals surface area (Å²) in [7, 11) is 1.95. The maximum atomic E-state index is 10.6. The molecule has 0 aromatic rings. The first-order chi connectivity index (χ1) is 5.74. The van der Waals surface area contributed by atoms with Crippen molar-refractivity contribution >= 4 is 6.03 Å². The highest BCUT2D eigenvalue weighted by atomic mass is 16.2. The van der Waals surface area contributed by atoms with Crippen LogP contribution >= 0.6 is 0 Å². The molecule has 1 fully saturated rings. The predicted octanol–water partition coefficient (Wildman–Crippen LogP) is -0.00350. The van der Waals surface area contributed by atoms with E-state index in [4.69, 9.17) is 5.73 Å². The number of primary amides is 1. The maximum absolute atomic E-state index is 10.6. The Morgan fingerprint density at radius 2 is 2.33 bits per heavy atom. The van der Waals surface area contributed by atoms with E-state index in [-0.39, 0.29) is 6.03 Å². The Morgan fingerprint density at radius 3 is 2.83 bits per heavy atom. The lowest BCUT2D eigenvalue weighted by molar-refractivity contribution is 0.121. The Morgan fingerprint density at radius 1 is 1.67 bits per heavy atom. The summed E-state index contributed by atoms with van der Waals surface area (Å²) in [5.41, 5.74) is 5.09. The summed E-state index contributed by atoms with van der Waals surface area (Å²) in [4.78, 5) is 12.3. The van der Waals surface area contributed by atoms with Crippen molar-refractivity contribution in [2.24, 2.45) is 11.7 Å². The molecular weight excluding hydrogens is 154 g/mol. The first-order valence-corrected chi connectivity index (χ1v) is 4.43. The van der Waals surface area contributed by atoms with Crippen LogP contribution in [0.25, 0.3) is 0 Å². The lowest BCUT2D eigenvalue weighted by atomic mass is 9.95. The molecule has 1 aliphatic rings. The van der Waals surface area contributed by atoms with Crippen LogP contribution in [0.15, 0.2) is 0 Å². The van der Waals surface area contributed by atoms with E-state index in [0.717, 1.165) is 19.6 Å². The van der Waals surface area contributed by atoms with E-state index < -0.39 is 0 Å². The third-order valence-corrected chi connectivity index (χ3v) is 2.31. The molecule has 0 unspecified atom stereocenters. The number of urea groups is 1. The van der Waals surface area contributed by atoms with Crippen LogP contribution in [0.4, 0.5) is 4.79 Å². The van der Waals surface area contributed by atoms with Gasteiger partial charge in [-0.05, 0) is 32.4 Å². The molecule has 0 aliphatic carbocycles. The van der Waals surface area contributed by atoms with Crippen LogP contribution in [-0.4, -0.2) is 37.6 Å². The molecule has 0 saturated carbocycles. The summed E-state index contributed by atoms with van der Waals surface area (Å²) in [5.74, 6) is 0.686. The van der Waals surface area contributed by atoms with Crippen molar-refractivity contribution in [1.82, 2.24) is 10.2 Å². The molecule has 0 radical (unpaired) electrons. The Balaban J connectivity index is 1.98. The maximum Gasteiger partial charge on any atom is 0.314 e. The first kappa shape index (κ1) is 9.32. The van der Waals surface area contributed by atoms with E-state index >= 15 is 0 Å². The number of nitrogens with zero attached hydrogens (tertiary/aromatic N) is 1. The van der Waals surface area contributed by atoms with Crippen molar-refractivity contribution in [3.05, 3.63) is 0 Å². The van der Waals surface area contributed by atoms with Gasteiger partial charge in [0.05, 0.1) is 0 Å². The van der Waals surface area contributed by atoms with E-state index in [1.54, 1.807) is 4.90 Å². The van der Waals surface area contributed by atoms with Crippen LogP contribution in [0.3, 0.4) is 0 Å². The average molecular weight is 171 g/mol. The largest absolute Gasteiger partial charge is 0.351 e. The highest BCUT2D eigenvalue weighted by Gasteiger charge is 2.28. The normalized spacial score (nSPS) is 17.6. The van der Waals surface area contributed by atoms with Gasteiger partial charge in [-0.2, -0.15) is 0 Å². The highest BCUT2D eigenvalue weighted by molar-refractivity contribution is 5.72. The van der Waals surface area contributed by atoms with Gasteiger partial charge < -0.3 is 16.0 Å². The summed E-state index contributed by atoms with van der Waals surface area (Å²) in [6, 6.07) is -0.278. The second kappa shape index (κ2) is 4.30. The second-order valence-electron chi connectivity index (χ2n) is 3.36. The molecule has 12 heavy (non-hydrogen) atoms.